The van der Waals surface area contributed by atoms with Crippen LogP contribution in [0.1, 0.15) is 32.8 Å². The first kappa shape index (κ1) is 19.1. The lowest BCUT2D eigenvalue weighted by atomic mass is 9.95. The number of thioether (sulfide) groups is 1. The lowest BCUT2D eigenvalue weighted by Gasteiger charge is -2.36. The first-order valence-corrected chi connectivity index (χ1v) is 9.85. The largest absolute Gasteiger partial charge is 0.361 e. The van der Waals surface area contributed by atoms with Gasteiger partial charge in [-0.2, -0.15) is 0 Å². The lowest BCUT2D eigenvalue weighted by molar-refractivity contribution is -0.126. The molecule has 0 bridgehead atoms. The summed E-state index contributed by atoms with van der Waals surface area (Å²) in [7, 11) is 2.18. The van der Waals surface area contributed by atoms with Crippen LogP contribution in [0.3, 0.4) is 0 Å². The van der Waals surface area contributed by atoms with E-state index in [-0.39, 0.29) is 23.5 Å². The number of hydrogen-bond acceptors (Lipinski definition) is 3. The first-order chi connectivity index (χ1) is 12.1. The Morgan fingerprint density at radius 1 is 1.31 bits per heavy atom. The smallest absolute Gasteiger partial charge is 0.247 e. The number of likely N-dealkylation sites (tertiary alicyclic amines) is 1. The number of carbonyl (C=O) groups is 1. The molecule has 1 unspecified atom stereocenters. The van der Waals surface area contributed by atoms with Crippen molar-refractivity contribution >= 4 is 34.6 Å². The van der Waals surface area contributed by atoms with E-state index in [1.54, 1.807) is 6.08 Å². The molecule has 26 heavy (non-hydrogen) atoms. The highest BCUT2D eigenvalue weighted by Crippen LogP contribution is 2.46. The number of rotatable bonds is 2. The SMILES string of the molecule is C.CC1SC2(CCN(C)CC2)CN1C(=O)/C=C/c1c[nH]c2ccccc12. The summed E-state index contributed by atoms with van der Waals surface area (Å²) in [6.07, 6.45) is 8.00. The first-order valence-electron chi connectivity index (χ1n) is 8.98. The molecule has 2 fully saturated rings. The van der Waals surface area contributed by atoms with Crippen molar-refractivity contribution in [3.8, 4) is 0 Å². The van der Waals surface area contributed by atoms with Gasteiger partial charge in [0, 0.05) is 34.5 Å². The maximum absolute atomic E-state index is 12.8. The molecule has 1 N–H and O–H groups in total. The molecular weight excluding hydrogens is 342 g/mol. The van der Waals surface area contributed by atoms with Crippen LogP contribution in [0.2, 0.25) is 0 Å². The molecule has 4 rings (SSSR count). The second kappa shape index (κ2) is 7.49. The Labute approximate surface area is 160 Å². The molecule has 1 aromatic carbocycles. The molecule has 1 spiro atoms. The minimum absolute atomic E-state index is 0. The van der Waals surface area contributed by atoms with E-state index in [1.165, 1.54) is 12.8 Å². The molecule has 140 valence electrons. The number of benzene rings is 1. The molecule has 2 aliphatic rings. The molecule has 1 atom stereocenters. The third-order valence-electron chi connectivity index (χ3n) is 5.53. The van der Waals surface area contributed by atoms with Gasteiger partial charge < -0.3 is 14.8 Å². The maximum atomic E-state index is 12.8. The standard InChI is InChI=1S/C20H25N3OS.CH4/c1-15-23(14-20(25-15)9-11-22(2)12-10-20)19(24)8-7-16-13-21-18-6-4-3-5-17(16)18;/h3-8,13,15,21H,9-12,14H2,1-2H3;1H4/b8-7+;. The molecule has 2 aliphatic heterocycles. The van der Waals surface area contributed by atoms with Gasteiger partial charge >= 0.3 is 0 Å². The van der Waals surface area contributed by atoms with Crippen molar-refractivity contribution in [1.29, 1.82) is 0 Å². The normalized spacial score (nSPS) is 23.0. The van der Waals surface area contributed by atoms with Crippen molar-refractivity contribution in [1.82, 2.24) is 14.8 Å². The van der Waals surface area contributed by atoms with Crippen LogP contribution in [0.5, 0.6) is 0 Å². The topological polar surface area (TPSA) is 39.3 Å². The van der Waals surface area contributed by atoms with Crippen molar-refractivity contribution < 1.29 is 4.79 Å². The monoisotopic (exact) mass is 371 g/mol. The minimum atomic E-state index is 0. The fourth-order valence-electron chi connectivity index (χ4n) is 3.95. The van der Waals surface area contributed by atoms with Crippen molar-refractivity contribution in [3.05, 3.63) is 42.1 Å². The fourth-order valence-corrected chi connectivity index (χ4v) is 5.61. The molecule has 0 saturated carbocycles. The molecule has 4 nitrogen and oxygen atoms in total. The number of H-pyrrole nitrogens is 1. The number of piperidine rings is 1. The molecule has 2 saturated heterocycles. The molecule has 1 amide bonds. The second-order valence-electron chi connectivity index (χ2n) is 7.29. The van der Waals surface area contributed by atoms with Gasteiger partial charge in [-0.3, -0.25) is 4.79 Å². The van der Waals surface area contributed by atoms with Gasteiger partial charge in [-0.25, -0.2) is 0 Å². The Bertz CT molecular complexity index is 804. The number of carbonyl (C=O) groups excluding carboxylic acids is 1. The van der Waals surface area contributed by atoms with Crippen LogP contribution in [-0.4, -0.2) is 57.5 Å². The summed E-state index contributed by atoms with van der Waals surface area (Å²) in [5.74, 6) is 0.126. The number of aromatic amines is 1. The molecule has 0 aliphatic carbocycles. The number of amides is 1. The van der Waals surface area contributed by atoms with Gasteiger partial charge in [-0.05, 0) is 57.6 Å². The highest BCUT2D eigenvalue weighted by atomic mass is 32.2. The van der Waals surface area contributed by atoms with Crippen LogP contribution >= 0.6 is 11.8 Å². The summed E-state index contributed by atoms with van der Waals surface area (Å²) in [5, 5.41) is 1.41. The van der Waals surface area contributed by atoms with Gasteiger partial charge in [0.25, 0.3) is 0 Å². The number of fused-ring (bicyclic) bond motifs is 1. The second-order valence-corrected chi connectivity index (χ2v) is 9.08. The Morgan fingerprint density at radius 2 is 2.04 bits per heavy atom. The zero-order chi connectivity index (χ0) is 17.4. The Morgan fingerprint density at radius 3 is 2.81 bits per heavy atom. The van der Waals surface area contributed by atoms with Crippen LogP contribution in [0.25, 0.3) is 17.0 Å². The molecule has 0 radical (unpaired) electrons. The summed E-state index contributed by atoms with van der Waals surface area (Å²) in [5.41, 5.74) is 2.17. The number of para-hydroxylation sites is 1. The van der Waals surface area contributed by atoms with E-state index < -0.39 is 0 Å². The molecular formula is C21H29N3OS. The van der Waals surface area contributed by atoms with Gasteiger partial charge in [0.15, 0.2) is 0 Å². The Kier molecular flexibility index (Phi) is 5.49. The van der Waals surface area contributed by atoms with E-state index in [1.807, 2.05) is 41.1 Å². The molecule has 3 heterocycles. The number of hydrogen-bond donors (Lipinski definition) is 1. The zero-order valence-corrected chi connectivity index (χ0v) is 15.7. The van der Waals surface area contributed by atoms with E-state index >= 15 is 0 Å². The molecule has 2 aromatic rings. The van der Waals surface area contributed by atoms with E-state index in [0.717, 1.165) is 36.1 Å². The average molecular weight is 372 g/mol. The van der Waals surface area contributed by atoms with Crippen LogP contribution in [0, 0.1) is 0 Å². The van der Waals surface area contributed by atoms with E-state index in [0.29, 0.717) is 0 Å². The minimum Gasteiger partial charge on any atom is -0.361 e. The highest BCUT2D eigenvalue weighted by Gasteiger charge is 2.45. The van der Waals surface area contributed by atoms with Gasteiger partial charge in [-0.1, -0.05) is 25.6 Å². The van der Waals surface area contributed by atoms with E-state index in [2.05, 4.69) is 36.0 Å². The van der Waals surface area contributed by atoms with Crippen LogP contribution in [-0.2, 0) is 4.79 Å². The predicted molar refractivity (Wildman–Crippen MR) is 112 cm³/mol. The third-order valence-corrected chi connectivity index (χ3v) is 7.16. The summed E-state index contributed by atoms with van der Waals surface area (Å²) >= 11 is 1.99. The lowest BCUT2D eigenvalue weighted by Crippen LogP contribution is -2.44. The number of aromatic nitrogens is 1. The highest BCUT2D eigenvalue weighted by molar-refractivity contribution is 8.01. The van der Waals surface area contributed by atoms with Crippen molar-refractivity contribution in [2.24, 2.45) is 0 Å². The van der Waals surface area contributed by atoms with Crippen LogP contribution < -0.4 is 0 Å². The molecule has 5 heteroatoms. The summed E-state index contributed by atoms with van der Waals surface area (Å²) in [6, 6.07) is 8.18. The van der Waals surface area contributed by atoms with Crippen LogP contribution in [0.4, 0.5) is 0 Å². The van der Waals surface area contributed by atoms with E-state index in [4.69, 9.17) is 0 Å². The summed E-state index contributed by atoms with van der Waals surface area (Å²) in [6.45, 7) is 5.30. The Balaban J connectivity index is 0.00000196. The average Bonchev–Trinajstić information content (AvgIpc) is 3.17. The van der Waals surface area contributed by atoms with Gasteiger partial charge in [0.1, 0.15) is 0 Å². The molecule has 1 aromatic heterocycles. The summed E-state index contributed by atoms with van der Waals surface area (Å²) < 4.78 is 0.260. The number of nitrogens with one attached hydrogen (secondary N) is 1. The van der Waals surface area contributed by atoms with Crippen LogP contribution in [0.15, 0.2) is 36.5 Å². The summed E-state index contributed by atoms with van der Waals surface area (Å²) in [4.78, 5) is 20.5. The fraction of sp³-hybridized carbons (Fsp3) is 0.476. The third kappa shape index (κ3) is 3.55. The zero-order valence-electron chi connectivity index (χ0n) is 14.9. The number of nitrogens with zero attached hydrogens (tertiary/aromatic N) is 2. The van der Waals surface area contributed by atoms with Crippen molar-refractivity contribution in [2.45, 2.75) is 37.3 Å². The van der Waals surface area contributed by atoms with E-state index in [9.17, 15) is 4.79 Å². The van der Waals surface area contributed by atoms with Crippen molar-refractivity contribution in [3.63, 3.8) is 0 Å². The maximum Gasteiger partial charge on any atom is 0.247 e. The quantitative estimate of drug-likeness (QED) is 0.804. The van der Waals surface area contributed by atoms with Crippen molar-refractivity contribution in [2.75, 3.05) is 26.7 Å². The predicted octanol–water partition coefficient (Wildman–Crippen LogP) is 4.20. The van der Waals surface area contributed by atoms with Gasteiger partial charge in [-0.15, -0.1) is 11.8 Å². The van der Waals surface area contributed by atoms with Gasteiger partial charge in [0.2, 0.25) is 5.91 Å². The Hall–Kier alpha value is -1.72. The van der Waals surface area contributed by atoms with Gasteiger partial charge in [0.05, 0.1) is 5.37 Å².